The van der Waals surface area contributed by atoms with Crippen molar-refractivity contribution < 1.29 is 22.6 Å². The molecule has 0 fully saturated rings. The highest BCUT2D eigenvalue weighted by molar-refractivity contribution is 7.93. The molecule has 1 N–H and O–H groups in total. The summed E-state index contributed by atoms with van der Waals surface area (Å²) in [4.78, 5) is 8.70. The van der Waals surface area contributed by atoms with Gasteiger partial charge in [0.25, 0.3) is 0 Å². The summed E-state index contributed by atoms with van der Waals surface area (Å²) in [6, 6.07) is 5.29. The van der Waals surface area contributed by atoms with Gasteiger partial charge >= 0.3 is 0 Å². The first kappa shape index (κ1) is 28.5. The summed E-state index contributed by atoms with van der Waals surface area (Å²) >= 11 is 0. The molecule has 0 amide bonds. The number of hydrogen-bond donors (Lipinski definition) is 1. The minimum absolute atomic E-state index is 0.0410. The molecule has 2 atom stereocenters. The van der Waals surface area contributed by atoms with Gasteiger partial charge in [-0.2, -0.15) is 5.10 Å². The highest BCUT2D eigenvalue weighted by atomic mass is 32.2. The summed E-state index contributed by atoms with van der Waals surface area (Å²) in [6.07, 6.45) is 5.54. The lowest BCUT2D eigenvalue weighted by Gasteiger charge is -2.25. The van der Waals surface area contributed by atoms with E-state index in [0.29, 0.717) is 23.0 Å². The third kappa shape index (κ3) is 5.48. The Kier molecular flexibility index (Phi) is 7.95. The number of hydrogen-bond acceptors (Lipinski definition) is 10. The number of methoxy groups -OCH3 is 2. The van der Waals surface area contributed by atoms with Crippen molar-refractivity contribution in [3.8, 4) is 28.6 Å². The van der Waals surface area contributed by atoms with E-state index in [2.05, 4.69) is 30.0 Å². The zero-order valence-electron chi connectivity index (χ0n) is 23.9. The minimum atomic E-state index is -4.13. The Bertz CT molecular complexity index is 1610. The van der Waals surface area contributed by atoms with Gasteiger partial charge in [-0.15, -0.1) is 10.2 Å². The monoisotopic (exact) mass is 582 g/mol. The molecule has 14 heteroatoms. The fourth-order valence-corrected chi connectivity index (χ4v) is 5.93. The van der Waals surface area contributed by atoms with Crippen molar-refractivity contribution in [3.05, 3.63) is 53.9 Å². The van der Waals surface area contributed by atoms with E-state index in [4.69, 9.17) is 14.2 Å². The molecule has 0 saturated heterocycles. The molecule has 0 unspecified atom stereocenters. The first-order chi connectivity index (χ1) is 19.6. The van der Waals surface area contributed by atoms with E-state index in [-0.39, 0.29) is 17.9 Å². The molecule has 0 saturated carbocycles. The number of para-hydroxylation sites is 1. The molecule has 3 aromatic heterocycles. The van der Waals surface area contributed by atoms with Crippen LogP contribution in [-0.4, -0.2) is 68.5 Å². The maximum atomic E-state index is 13.9. The van der Waals surface area contributed by atoms with Gasteiger partial charge < -0.3 is 14.2 Å². The molecule has 4 heterocycles. The fourth-order valence-electron chi connectivity index (χ4n) is 4.85. The van der Waals surface area contributed by atoms with Crippen LogP contribution in [0, 0.1) is 6.92 Å². The van der Waals surface area contributed by atoms with Crippen molar-refractivity contribution in [3.63, 3.8) is 0 Å². The minimum Gasteiger partial charge on any atom is -0.494 e. The summed E-state index contributed by atoms with van der Waals surface area (Å²) < 4.78 is 51.4. The van der Waals surface area contributed by atoms with Gasteiger partial charge in [-0.1, -0.05) is 6.07 Å². The van der Waals surface area contributed by atoms with Crippen LogP contribution < -0.4 is 14.2 Å². The molecule has 218 valence electrons. The van der Waals surface area contributed by atoms with Crippen LogP contribution in [0.1, 0.15) is 50.4 Å². The number of anilines is 1. The number of benzene rings is 1. The summed E-state index contributed by atoms with van der Waals surface area (Å²) in [5.74, 6) is 1.51. The molecule has 0 spiro atoms. The fraction of sp³-hybridized carbons (Fsp3) is 0.444. The Labute approximate surface area is 239 Å². The average Bonchev–Trinajstić information content (AvgIpc) is 3.67. The second-order valence-corrected chi connectivity index (χ2v) is 12.1. The number of ether oxygens (including phenoxy) is 3. The summed E-state index contributed by atoms with van der Waals surface area (Å²) in [5, 5.41) is 12.1. The number of aromatic nitrogens is 7. The molecule has 1 aliphatic rings. The molecule has 0 radical (unpaired) electrons. The quantitative estimate of drug-likeness (QED) is 0.279. The number of aryl methyl sites for hydroxylation is 2. The summed E-state index contributed by atoms with van der Waals surface area (Å²) in [5.41, 5.74) is 3.04. The van der Waals surface area contributed by atoms with Crippen LogP contribution in [-0.2, 0) is 27.7 Å². The maximum Gasteiger partial charge on any atom is 0.243 e. The third-order valence-electron chi connectivity index (χ3n) is 6.89. The number of sulfonamides is 1. The number of nitrogens with one attached hydrogen (secondary N) is 1. The highest BCUT2D eigenvalue weighted by Gasteiger charge is 2.36. The van der Waals surface area contributed by atoms with E-state index >= 15 is 0 Å². The van der Waals surface area contributed by atoms with Crippen molar-refractivity contribution in [1.29, 1.82) is 0 Å². The molecule has 5 rings (SSSR count). The van der Waals surface area contributed by atoms with Gasteiger partial charge in [0.15, 0.2) is 11.6 Å². The SMILES string of the molecule is COc1cccc(OC)c1-n1c(NS(=O)(=O)[C@@H](C)[C@@H](OC(C)C)c2ncc(C)cn2)nnc1-c1cnn2c1CCC2. The first-order valence-corrected chi connectivity index (χ1v) is 14.9. The Balaban J connectivity index is 1.62. The predicted molar refractivity (Wildman–Crippen MR) is 152 cm³/mol. The first-order valence-electron chi connectivity index (χ1n) is 13.3. The lowest BCUT2D eigenvalue weighted by molar-refractivity contribution is 0.00152. The Morgan fingerprint density at radius 2 is 1.68 bits per heavy atom. The molecular formula is C27H34N8O5S. The Morgan fingerprint density at radius 3 is 2.32 bits per heavy atom. The average molecular weight is 583 g/mol. The van der Waals surface area contributed by atoms with Crippen molar-refractivity contribution in [2.75, 3.05) is 18.9 Å². The van der Waals surface area contributed by atoms with Crippen LogP contribution in [0.3, 0.4) is 0 Å². The normalized spacial score (nSPS) is 14.6. The summed E-state index contributed by atoms with van der Waals surface area (Å²) in [6.45, 7) is 7.87. The number of rotatable bonds is 11. The second-order valence-electron chi connectivity index (χ2n) is 10.1. The van der Waals surface area contributed by atoms with Crippen LogP contribution in [0.4, 0.5) is 5.95 Å². The van der Waals surface area contributed by atoms with Gasteiger partial charge in [0.1, 0.15) is 28.5 Å². The Hall–Kier alpha value is -4.04. The van der Waals surface area contributed by atoms with Crippen LogP contribution in [0.2, 0.25) is 0 Å². The van der Waals surface area contributed by atoms with Gasteiger partial charge in [0, 0.05) is 24.6 Å². The Morgan fingerprint density at radius 1 is 1.00 bits per heavy atom. The molecule has 0 bridgehead atoms. The van der Waals surface area contributed by atoms with E-state index < -0.39 is 21.4 Å². The molecule has 13 nitrogen and oxygen atoms in total. The van der Waals surface area contributed by atoms with Crippen LogP contribution in [0.25, 0.3) is 17.1 Å². The van der Waals surface area contributed by atoms with Gasteiger partial charge in [-0.25, -0.2) is 18.4 Å². The largest absolute Gasteiger partial charge is 0.494 e. The van der Waals surface area contributed by atoms with Crippen LogP contribution in [0.5, 0.6) is 11.5 Å². The zero-order valence-corrected chi connectivity index (χ0v) is 24.7. The van der Waals surface area contributed by atoms with Crippen molar-refractivity contribution in [2.45, 2.75) is 64.5 Å². The zero-order chi connectivity index (χ0) is 29.3. The standard InChI is InChI=1S/C27H34N8O5S/c1-16(2)40-24(25-28-13-17(3)14-29-25)18(4)41(36,37)33-27-32-31-26(19-15-30-34-12-8-9-20(19)34)35(27)23-21(38-5)10-7-11-22(23)39-6/h7,10-11,13-16,18,24H,8-9,12H2,1-6H3,(H,32,33)/t18-,24+/m0/s1. The molecule has 1 aromatic carbocycles. The van der Waals surface area contributed by atoms with E-state index in [9.17, 15) is 8.42 Å². The molecular weight excluding hydrogens is 548 g/mol. The van der Waals surface area contributed by atoms with E-state index in [0.717, 1.165) is 36.2 Å². The van der Waals surface area contributed by atoms with E-state index in [1.54, 1.807) is 48.3 Å². The van der Waals surface area contributed by atoms with Crippen LogP contribution >= 0.6 is 0 Å². The lowest BCUT2D eigenvalue weighted by atomic mass is 10.1. The van der Waals surface area contributed by atoms with Gasteiger partial charge in [-0.05, 0) is 58.2 Å². The molecule has 1 aliphatic heterocycles. The second kappa shape index (κ2) is 11.4. The van der Waals surface area contributed by atoms with Crippen molar-refractivity contribution in [2.24, 2.45) is 0 Å². The number of fused-ring (bicyclic) bond motifs is 1. The molecule has 4 aromatic rings. The van der Waals surface area contributed by atoms with E-state index in [1.165, 1.54) is 14.2 Å². The molecule has 41 heavy (non-hydrogen) atoms. The van der Waals surface area contributed by atoms with E-state index in [1.807, 2.05) is 25.5 Å². The maximum absolute atomic E-state index is 13.9. The smallest absolute Gasteiger partial charge is 0.243 e. The van der Waals surface area contributed by atoms with Crippen molar-refractivity contribution >= 4 is 16.0 Å². The predicted octanol–water partition coefficient (Wildman–Crippen LogP) is 3.49. The van der Waals surface area contributed by atoms with Gasteiger partial charge in [0.05, 0.1) is 32.1 Å². The van der Waals surface area contributed by atoms with Crippen molar-refractivity contribution in [1.82, 2.24) is 34.5 Å². The highest BCUT2D eigenvalue weighted by Crippen LogP contribution is 2.39. The topological polar surface area (TPSA) is 148 Å². The number of nitrogens with zero attached hydrogens (tertiary/aromatic N) is 7. The van der Waals surface area contributed by atoms with Gasteiger partial charge in [-0.3, -0.25) is 14.0 Å². The lowest BCUT2D eigenvalue weighted by Crippen LogP contribution is -2.35. The van der Waals surface area contributed by atoms with Gasteiger partial charge in [0.2, 0.25) is 16.0 Å². The van der Waals surface area contributed by atoms with Crippen LogP contribution in [0.15, 0.2) is 36.8 Å². The summed E-state index contributed by atoms with van der Waals surface area (Å²) in [7, 11) is -1.08. The molecule has 0 aliphatic carbocycles. The third-order valence-corrected chi connectivity index (χ3v) is 8.58.